The highest BCUT2D eigenvalue weighted by Gasteiger charge is 2.08. The number of non-ortho nitro benzene ring substituents is 1. The van der Waals surface area contributed by atoms with Crippen LogP contribution in [-0.4, -0.2) is 24.1 Å². The number of nitrogens with two attached hydrogens (primary N) is 1. The van der Waals surface area contributed by atoms with Gasteiger partial charge < -0.3 is 20.5 Å². The first-order valence-electron chi connectivity index (χ1n) is 8.23. The summed E-state index contributed by atoms with van der Waals surface area (Å²) in [6.07, 6.45) is 0. The summed E-state index contributed by atoms with van der Waals surface area (Å²) in [6.45, 7) is 5.17. The predicted octanol–water partition coefficient (Wildman–Crippen LogP) is 3.94. The molecule has 0 saturated carbocycles. The minimum absolute atomic E-state index is 0. The first-order chi connectivity index (χ1) is 12.5. The Hall–Kier alpha value is -2.56. The maximum Gasteiger partial charge on any atom is 0.269 e. The van der Waals surface area contributed by atoms with Crippen LogP contribution in [0, 0.1) is 10.1 Å². The summed E-state index contributed by atoms with van der Waals surface area (Å²) in [5.41, 5.74) is 7.46. The monoisotopic (exact) mass is 486 g/mol. The normalized spacial score (nSPS) is 10.7. The number of nitro benzene ring substituents is 1. The Balaban J connectivity index is 0.00000364. The van der Waals surface area contributed by atoms with E-state index >= 15 is 0 Å². The first kappa shape index (κ1) is 22.5. The van der Waals surface area contributed by atoms with Crippen molar-refractivity contribution in [3.05, 3.63) is 58.1 Å². The summed E-state index contributed by atoms with van der Waals surface area (Å²) in [5, 5.41) is 13.7. The van der Waals surface area contributed by atoms with Gasteiger partial charge in [-0.3, -0.25) is 10.1 Å². The van der Waals surface area contributed by atoms with Crippen molar-refractivity contribution in [3.8, 4) is 11.5 Å². The third kappa shape index (κ3) is 6.93. The Kier molecular flexibility index (Phi) is 9.34. The van der Waals surface area contributed by atoms with Crippen LogP contribution in [0.5, 0.6) is 11.5 Å². The standard InChI is InChI=1S/C18H22N4O4.HI/c1-3-25-15-9-10-17(26-4-2)16(11-15)21-18(19)20-12-13-5-7-14(8-6-13)22(23)24;/h5-11H,3-4,12H2,1-2H3,(H3,19,20,21);1H. The summed E-state index contributed by atoms with van der Waals surface area (Å²) in [4.78, 5) is 14.5. The van der Waals surface area contributed by atoms with E-state index in [-0.39, 0.29) is 35.6 Å². The van der Waals surface area contributed by atoms with Gasteiger partial charge in [0.1, 0.15) is 11.5 Å². The van der Waals surface area contributed by atoms with E-state index in [0.29, 0.717) is 36.9 Å². The van der Waals surface area contributed by atoms with Gasteiger partial charge in [-0.25, -0.2) is 4.99 Å². The predicted molar refractivity (Wildman–Crippen MR) is 116 cm³/mol. The molecule has 8 nitrogen and oxygen atoms in total. The number of anilines is 1. The van der Waals surface area contributed by atoms with Gasteiger partial charge in [-0.05, 0) is 31.5 Å². The molecule has 2 aromatic carbocycles. The fraction of sp³-hybridized carbons (Fsp3) is 0.278. The molecule has 0 heterocycles. The van der Waals surface area contributed by atoms with E-state index < -0.39 is 4.92 Å². The maximum atomic E-state index is 10.7. The molecule has 9 heteroatoms. The lowest BCUT2D eigenvalue weighted by atomic mass is 10.2. The average molecular weight is 486 g/mol. The van der Waals surface area contributed by atoms with E-state index in [4.69, 9.17) is 15.2 Å². The highest BCUT2D eigenvalue weighted by molar-refractivity contribution is 14.0. The zero-order valence-electron chi connectivity index (χ0n) is 15.2. The van der Waals surface area contributed by atoms with E-state index in [1.165, 1.54) is 12.1 Å². The van der Waals surface area contributed by atoms with Crippen LogP contribution in [0.1, 0.15) is 19.4 Å². The van der Waals surface area contributed by atoms with Crippen molar-refractivity contribution in [3.63, 3.8) is 0 Å². The van der Waals surface area contributed by atoms with Gasteiger partial charge in [0.2, 0.25) is 0 Å². The van der Waals surface area contributed by atoms with Gasteiger partial charge in [-0.2, -0.15) is 0 Å². The molecule has 0 aliphatic carbocycles. The quantitative estimate of drug-likeness (QED) is 0.192. The molecular formula is C18H23IN4O4. The van der Waals surface area contributed by atoms with Crippen LogP contribution in [0.15, 0.2) is 47.5 Å². The summed E-state index contributed by atoms with van der Waals surface area (Å²) >= 11 is 0. The molecule has 3 N–H and O–H groups in total. The van der Waals surface area contributed by atoms with Crippen LogP contribution in [0.3, 0.4) is 0 Å². The van der Waals surface area contributed by atoms with Crippen molar-refractivity contribution in [2.24, 2.45) is 10.7 Å². The number of nitrogens with zero attached hydrogens (tertiary/aromatic N) is 2. The summed E-state index contributed by atoms with van der Waals surface area (Å²) in [7, 11) is 0. The second-order valence-electron chi connectivity index (χ2n) is 5.27. The van der Waals surface area contributed by atoms with Gasteiger partial charge in [-0.15, -0.1) is 24.0 Å². The number of guanidine groups is 1. The number of hydrogen-bond acceptors (Lipinski definition) is 5. The average Bonchev–Trinajstić information content (AvgIpc) is 2.63. The van der Waals surface area contributed by atoms with Crippen molar-refractivity contribution in [1.82, 2.24) is 0 Å². The van der Waals surface area contributed by atoms with Gasteiger partial charge >= 0.3 is 0 Å². The first-order valence-corrected chi connectivity index (χ1v) is 8.23. The second kappa shape index (κ2) is 11.2. The number of rotatable bonds is 8. The van der Waals surface area contributed by atoms with Gasteiger partial charge in [0.05, 0.1) is 30.4 Å². The molecule has 0 spiro atoms. The van der Waals surface area contributed by atoms with E-state index in [1.807, 2.05) is 19.9 Å². The van der Waals surface area contributed by atoms with Crippen molar-refractivity contribution in [2.45, 2.75) is 20.4 Å². The lowest BCUT2D eigenvalue weighted by molar-refractivity contribution is -0.384. The van der Waals surface area contributed by atoms with Crippen molar-refractivity contribution in [1.29, 1.82) is 0 Å². The molecule has 0 radical (unpaired) electrons. The minimum Gasteiger partial charge on any atom is -0.494 e. The summed E-state index contributed by atoms with van der Waals surface area (Å²) in [5.74, 6) is 1.55. The van der Waals surface area contributed by atoms with Crippen molar-refractivity contribution in [2.75, 3.05) is 18.5 Å². The molecule has 146 valence electrons. The molecule has 0 aliphatic heterocycles. The zero-order chi connectivity index (χ0) is 18.9. The Morgan fingerprint density at radius 2 is 1.81 bits per heavy atom. The van der Waals surface area contributed by atoms with Crippen molar-refractivity contribution < 1.29 is 14.4 Å². The highest BCUT2D eigenvalue weighted by atomic mass is 127. The Labute approximate surface area is 174 Å². The van der Waals surface area contributed by atoms with Gasteiger partial charge in [0.15, 0.2) is 5.96 Å². The van der Waals surface area contributed by atoms with Gasteiger partial charge in [0.25, 0.3) is 5.69 Å². The third-order valence-corrected chi connectivity index (χ3v) is 3.40. The molecule has 2 rings (SSSR count). The zero-order valence-corrected chi connectivity index (χ0v) is 17.5. The molecule has 0 saturated heterocycles. The largest absolute Gasteiger partial charge is 0.494 e. The number of nitro groups is 1. The summed E-state index contributed by atoms with van der Waals surface area (Å²) < 4.78 is 11.1. The summed E-state index contributed by atoms with van der Waals surface area (Å²) in [6, 6.07) is 11.6. The van der Waals surface area contributed by atoms with Crippen LogP contribution in [0.25, 0.3) is 0 Å². The highest BCUT2D eigenvalue weighted by Crippen LogP contribution is 2.29. The van der Waals surface area contributed by atoms with E-state index in [9.17, 15) is 10.1 Å². The molecule has 2 aromatic rings. The molecule has 0 fully saturated rings. The molecule has 0 atom stereocenters. The molecule has 0 aliphatic rings. The molecular weight excluding hydrogens is 463 g/mol. The fourth-order valence-corrected chi connectivity index (χ4v) is 2.22. The number of nitrogens with one attached hydrogen (secondary N) is 1. The Bertz CT molecular complexity index is 781. The molecule has 0 aromatic heterocycles. The number of hydrogen-bond donors (Lipinski definition) is 2. The van der Waals surface area contributed by atoms with Crippen LogP contribution < -0.4 is 20.5 Å². The SMILES string of the molecule is CCOc1ccc(OCC)c(NC(N)=NCc2ccc([N+](=O)[O-])cc2)c1.I. The maximum absolute atomic E-state index is 10.7. The molecule has 0 unspecified atom stereocenters. The number of benzene rings is 2. The lowest BCUT2D eigenvalue weighted by Gasteiger charge is -2.14. The van der Waals surface area contributed by atoms with Crippen molar-refractivity contribution >= 4 is 41.3 Å². The van der Waals surface area contributed by atoms with E-state index in [1.54, 1.807) is 24.3 Å². The fourth-order valence-electron chi connectivity index (χ4n) is 2.22. The second-order valence-corrected chi connectivity index (χ2v) is 5.27. The van der Waals surface area contributed by atoms with E-state index in [0.717, 1.165) is 5.56 Å². The van der Waals surface area contributed by atoms with Gasteiger partial charge in [0, 0.05) is 18.2 Å². The van der Waals surface area contributed by atoms with Crippen LogP contribution in [-0.2, 0) is 6.54 Å². The van der Waals surface area contributed by atoms with Crippen LogP contribution in [0.4, 0.5) is 11.4 Å². The van der Waals surface area contributed by atoms with Gasteiger partial charge in [-0.1, -0.05) is 12.1 Å². The molecule has 0 bridgehead atoms. The number of aliphatic imine (C=N–C) groups is 1. The van der Waals surface area contributed by atoms with Crippen LogP contribution >= 0.6 is 24.0 Å². The van der Waals surface area contributed by atoms with E-state index in [2.05, 4.69) is 10.3 Å². The number of ether oxygens (including phenoxy) is 2. The smallest absolute Gasteiger partial charge is 0.269 e. The Morgan fingerprint density at radius 1 is 1.15 bits per heavy atom. The number of halogens is 1. The topological polar surface area (TPSA) is 112 Å². The molecule has 27 heavy (non-hydrogen) atoms. The minimum atomic E-state index is -0.441. The Morgan fingerprint density at radius 3 is 2.41 bits per heavy atom. The van der Waals surface area contributed by atoms with Crippen LogP contribution in [0.2, 0.25) is 0 Å². The lowest BCUT2D eigenvalue weighted by Crippen LogP contribution is -2.23. The third-order valence-electron chi connectivity index (χ3n) is 3.40. The molecule has 0 amide bonds.